The fourth-order valence-corrected chi connectivity index (χ4v) is 5.41. The predicted octanol–water partition coefficient (Wildman–Crippen LogP) is 4.24. The quantitative estimate of drug-likeness (QED) is 0.510. The maximum Gasteiger partial charge on any atom is 0.270 e. The third-order valence-corrected chi connectivity index (χ3v) is 6.88. The van der Waals surface area contributed by atoms with Gasteiger partial charge in [-0.05, 0) is 74.6 Å². The molecule has 1 saturated carbocycles. The van der Waals surface area contributed by atoms with E-state index in [0.717, 1.165) is 41.8 Å². The number of carbonyl (C=O) groups is 2. The van der Waals surface area contributed by atoms with Crippen LogP contribution in [0.25, 0.3) is 11.1 Å². The van der Waals surface area contributed by atoms with E-state index in [0.29, 0.717) is 23.2 Å². The number of aromatic amines is 1. The monoisotopic (exact) mass is 462 g/mol. The van der Waals surface area contributed by atoms with Gasteiger partial charge in [0.25, 0.3) is 5.91 Å². The molecule has 0 saturated heterocycles. The number of benzene rings is 1. The summed E-state index contributed by atoms with van der Waals surface area (Å²) < 4.78 is 1.52. The molecule has 3 aromatic rings. The van der Waals surface area contributed by atoms with E-state index in [2.05, 4.69) is 39.8 Å². The Kier molecular flexibility index (Phi) is 6.86. The van der Waals surface area contributed by atoms with Crippen LogP contribution in [-0.4, -0.2) is 37.8 Å². The van der Waals surface area contributed by atoms with Crippen molar-refractivity contribution in [2.45, 2.75) is 53.0 Å². The fraction of sp³-hybridized carbons (Fsp3) is 0.462. The number of nitrogens with zero attached hydrogens (tertiary/aromatic N) is 3. The van der Waals surface area contributed by atoms with Crippen molar-refractivity contribution in [2.24, 2.45) is 24.8 Å². The van der Waals surface area contributed by atoms with E-state index >= 15 is 0 Å². The van der Waals surface area contributed by atoms with Crippen LogP contribution >= 0.6 is 0 Å². The van der Waals surface area contributed by atoms with Crippen LogP contribution in [0, 0.1) is 31.6 Å². The topological polar surface area (TPSA) is 105 Å². The number of aryl methyl sites for hydroxylation is 3. The van der Waals surface area contributed by atoms with Crippen molar-refractivity contribution in [3.8, 4) is 11.1 Å². The number of H-pyrrole nitrogens is 1. The van der Waals surface area contributed by atoms with Gasteiger partial charge in [0.2, 0.25) is 5.91 Å². The van der Waals surface area contributed by atoms with Gasteiger partial charge in [-0.25, -0.2) is 0 Å². The highest BCUT2D eigenvalue weighted by molar-refractivity contribution is 6.00. The van der Waals surface area contributed by atoms with Crippen LogP contribution in [0.5, 0.6) is 0 Å². The summed E-state index contributed by atoms with van der Waals surface area (Å²) in [5.41, 5.74) is 5.19. The molecule has 4 rings (SSSR count). The Bertz CT molecular complexity index is 1130. The third-order valence-electron chi connectivity index (χ3n) is 6.88. The van der Waals surface area contributed by atoms with Gasteiger partial charge in [-0.15, -0.1) is 0 Å². The molecule has 2 heterocycles. The summed E-state index contributed by atoms with van der Waals surface area (Å²) in [5, 5.41) is 17.4. The number of rotatable bonds is 6. The molecule has 1 aromatic carbocycles. The molecule has 1 aliphatic carbocycles. The summed E-state index contributed by atoms with van der Waals surface area (Å²) >= 11 is 0. The van der Waals surface area contributed by atoms with E-state index in [1.165, 1.54) is 4.68 Å². The number of nitrogens with one attached hydrogen (secondary N) is 3. The number of hydrogen-bond acceptors (Lipinski definition) is 4. The molecule has 1 aliphatic rings. The molecule has 180 valence electrons. The van der Waals surface area contributed by atoms with Gasteiger partial charge in [0.1, 0.15) is 11.7 Å². The first-order valence-corrected chi connectivity index (χ1v) is 11.9. The number of amides is 2. The zero-order valence-electron chi connectivity index (χ0n) is 20.6. The molecular formula is C26H34N6O2. The van der Waals surface area contributed by atoms with Crippen LogP contribution in [0.15, 0.2) is 36.5 Å². The van der Waals surface area contributed by atoms with Crippen LogP contribution in [0.3, 0.4) is 0 Å². The van der Waals surface area contributed by atoms with Gasteiger partial charge in [0.05, 0.1) is 5.69 Å². The van der Waals surface area contributed by atoms with Gasteiger partial charge in [0, 0.05) is 30.2 Å². The Balaban J connectivity index is 1.54. The first kappa shape index (κ1) is 23.7. The number of aromatic nitrogens is 4. The molecule has 0 radical (unpaired) electrons. The van der Waals surface area contributed by atoms with Crippen molar-refractivity contribution in [3.05, 3.63) is 53.6 Å². The lowest BCUT2D eigenvalue weighted by atomic mass is 9.73. The molecule has 1 fully saturated rings. The minimum atomic E-state index is -0.620. The smallest absolute Gasteiger partial charge is 0.270 e. The summed E-state index contributed by atoms with van der Waals surface area (Å²) in [6, 6.07) is 8.79. The van der Waals surface area contributed by atoms with Gasteiger partial charge in [-0.2, -0.15) is 10.2 Å². The van der Waals surface area contributed by atoms with Gasteiger partial charge in [-0.1, -0.05) is 26.0 Å². The zero-order chi connectivity index (χ0) is 24.4. The number of hydrogen-bond donors (Lipinski definition) is 3. The molecule has 2 aromatic heterocycles. The predicted molar refractivity (Wildman–Crippen MR) is 132 cm³/mol. The molecule has 3 N–H and O–H groups in total. The number of carbonyl (C=O) groups excluding carboxylic acids is 2. The highest BCUT2D eigenvalue weighted by Crippen LogP contribution is 2.35. The van der Waals surface area contributed by atoms with Crippen LogP contribution in [0.4, 0.5) is 5.69 Å². The first-order chi connectivity index (χ1) is 16.2. The molecule has 0 spiro atoms. The van der Waals surface area contributed by atoms with Crippen LogP contribution in [0.1, 0.15) is 55.0 Å². The lowest BCUT2D eigenvalue weighted by Gasteiger charge is -2.36. The maximum atomic E-state index is 13.5. The molecular weight excluding hydrogens is 428 g/mol. The van der Waals surface area contributed by atoms with Crippen LogP contribution in [-0.2, 0) is 11.8 Å². The SMILES string of the molecule is Cc1n[nH]c(C)c1-c1ccc(NC(=O)C(NC(=O)c2ccnn2C)C2C[C@@H](C)C[C@@H](C)C2)cc1. The third kappa shape index (κ3) is 5.05. The van der Waals surface area contributed by atoms with E-state index in [1.807, 2.05) is 38.1 Å². The highest BCUT2D eigenvalue weighted by Gasteiger charge is 2.35. The van der Waals surface area contributed by atoms with E-state index in [9.17, 15) is 9.59 Å². The summed E-state index contributed by atoms with van der Waals surface area (Å²) in [4.78, 5) is 26.5. The highest BCUT2D eigenvalue weighted by atomic mass is 16.2. The lowest BCUT2D eigenvalue weighted by Crippen LogP contribution is -2.50. The van der Waals surface area contributed by atoms with Crippen LogP contribution in [0.2, 0.25) is 0 Å². The minimum Gasteiger partial charge on any atom is -0.339 e. The summed E-state index contributed by atoms with van der Waals surface area (Å²) in [6.45, 7) is 8.40. The fourth-order valence-electron chi connectivity index (χ4n) is 5.41. The Hall–Kier alpha value is -3.42. The van der Waals surface area contributed by atoms with Gasteiger partial charge < -0.3 is 10.6 Å². The van der Waals surface area contributed by atoms with Crippen molar-refractivity contribution in [1.29, 1.82) is 0 Å². The van der Waals surface area contributed by atoms with E-state index in [4.69, 9.17) is 0 Å². The van der Waals surface area contributed by atoms with Crippen molar-refractivity contribution in [2.75, 3.05) is 5.32 Å². The molecule has 0 bridgehead atoms. The van der Waals surface area contributed by atoms with Gasteiger partial charge in [-0.3, -0.25) is 19.4 Å². The second-order valence-corrected chi connectivity index (χ2v) is 9.84. The average molecular weight is 463 g/mol. The Morgan fingerprint density at radius 1 is 1.06 bits per heavy atom. The molecule has 8 nitrogen and oxygen atoms in total. The number of anilines is 1. The molecule has 34 heavy (non-hydrogen) atoms. The molecule has 2 unspecified atom stereocenters. The Labute approximate surface area is 200 Å². The van der Waals surface area contributed by atoms with E-state index in [-0.39, 0.29) is 17.7 Å². The second kappa shape index (κ2) is 9.83. The normalized spacial score (nSPS) is 21.1. The maximum absolute atomic E-state index is 13.5. The standard InChI is InChI=1S/C26H34N6O2/c1-15-12-16(2)14-20(13-15)24(29-25(33)22-10-11-27-32(22)5)26(34)28-21-8-6-19(7-9-21)23-17(3)30-31-18(23)4/h6-11,15-16,20,24H,12-14H2,1-5H3,(H,28,34)(H,29,33)(H,30,31)/t15-,16+,20?,24?. The van der Waals surface area contributed by atoms with Crippen LogP contribution < -0.4 is 10.6 Å². The van der Waals surface area contributed by atoms with E-state index in [1.54, 1.807) is 19.3 Å². The molecule has 8 heteroatoms. The molecule has 2 amide bonds. The summed E-state index contributed by atoms with van der Waals surface area (Å²) in [7, 11) is 1.72. The minimum absolute atomic E-state index is 0.0754. The average Bonchev–Trinajstić information content (AvgIpc) is 3.36. The van der Waals surface area contributed by atoms with E-state index < -0.39 is 6.04 Å². The lowest BCUT2D eigenvalue weighted by molar-refractivity contribution is -0.119. The largest absolute Gasteiger partial charge is 0.339 e. The molecule has 0 aliphatic heterocycles. The van der Waals surface area contributed by atoms with Crippen molar-refractivity contribution < 1.29 is 9.59 Å². The van der Waals surface area contributed by atoms with Gasteiger partial charge >= 0.3 is 0 Å². The first-order valence-electron chi connectivity index (χ1n) is 11.9. The van der Waals surface area contributed by atoms with Crippen molar-refractivity contribution in [1.82, 2.24) is 25.3 Å². The second-order valence-electron chi connectivity index (χ2n) is 9.84. The summed E-state index contributed by atoms with van der Waals surface area (Å²) in [5.74, 6) is 0.626. The zero-order valence-corrected chi connectivity index (χ0v) is 20.6. The molecule has 4 atom stereocenters. The van der Waals surface area contributed by atoms with Crippen molar-refractivity contribution in [3.63, 3.8) is 0 Å². The van der Waals surface area contributed by atoms with Crippen molar-refractivity contribution >= 4 is 17.5 Å². The Morgan fingerprint density at radius 3 is 2.29 bits per heavy atom. The Morgan fingerprint density at radius 2 is 1.74 bits per heavy atom. The van der Waals surface area contributed by atoms with Gasteiger partial charge in [0.15, 0.2) is 0 Å². The summed E-state index contributed by atoms with van der Waals surface area (Å²) in [6.07, 6.45) is 4.55.